The summed E-state index contributed by atoms with van der Waals surface area (Å²) in [6.07, 6.45) is 0.542. The predicted molar refractivity (Wildman–Crippen MR) is 175 cm³/mol. The number of aromatic nitrogens is 2. The Hall–Kier alpha value is -4.17. The number of nitrogens with zero attached hydrogens (tertiary/aromatic N) is 3. The number of amides is 2. The van der Waals surface area contributed by atoms with Crippen molar-refractivity contribution in [1.29, 1.82) is 0 Å². The molecule has 0 saturated heterocycles. The Kier molecular flexibility index (Phi) is 10.8. The van der Waals surface area contributed by atoms with Gasteiger partial charge in [0.25, 0.3) is 5.56 Å². The van der Waals surface area contributed by atoms with E-state index >= 15 is 0 Å². The Morgan fingerprint density at radius 2 is 1.59 bits per heavy atom. The second-order valence-electron chi connectivity index (χ2n) is 12.3. The van der Waals surface area contributed by atoms with Gasteiger partial charge in [-0.15, -0.1) is 0 Å². The Balaban J connectivity index is 1.74. The molecular formula is C35H41ClN4O4. The van der Waals surface area contributed by atoms with Crippen molar-refractivity contribution in [3.63, 3.8) is 0 Å². The predicted octanol–water partition coefficient (Wildman–Crippen LogP) is 6.61. The van der Waals surface area contributed by atoms with E-state index < -0.39 is 11.7 Å². The summed E-state index contributed by atoms with van der Waals surface area (Å²) < 4.78 is 6.88. The smallest absolute Gasteiger partial charge is 0.407 e. The second kappa shape index (κ2) is 14.5. The van der Waals surface area contributed by atoms with E-state index in [4.69, 9.17) is 21.4 Å². The van der Waals surface area contributed by atoms with Gasteiger partial charge in [-0.3, -0.25) is 9.59 Å². The van der Waals surface area contributed by atoms with Crippen LogP contribution in [0.25, 0.3) is 10.8 Å². The third-order valence-electron chi connectivity index (χ3n) is 7.17. The number of halogens is 1. The van der Waals surface area contributed by atoms with Crippen LogP contribution >= 0.6 is 11.6 Å². The van der Waals surface area contributed by atoms with E-state index in [1.165, 1.54) is 4.68 Å². The molecule has 4 rings (SSSR count). The Labute approximate surface area is 264 Å². The zero-order valence-electron chi connectivity index (χ0n) is 26.0. The number of rotatable bonds is 11. The van der Waals surface area contributed by atoms with Crippen molar-refractivity contribution in [3.8, 4) is 0 Å². The molecule has 3 aromatic carbocycles. The number of hydrogen-bond acceptors (Lipinski definition) is 5. The molecule has 4 aromatic rings. The first-order chi connectivity index (χ1) is 20.9. The van der Waals surface area contributed by atoms with Crippen LogP contribution in [0.15, 0.2) is 83.7 Å². The number of fused-ring (bicyclic) bond motifs is 1. The number of nitrogens with one attached hydrogen (secondary N) is 1. The van der Waals surface area contributed by atoms with Crippen molar-refractivity contribution in [3.05, 3.63) is 111 Å². The molecule has 2 amide bonds. The summed E-state index contributed by atoms with van der Waals surface area (Å²) in [4.78, 5) is 41.7. The number of alkyl carbamates (subject to hydrolysis) is 1. The van der Waals surface area contributed by atoms with Crippen LogP contribution in [0.4, 0.5) is 4.79 Å². The number of hydrogen-bond donors (Lipinski definition) is 1. The van der Waals surface area contributed by atoms with Crippen LogP contribution in [0.5, 0.6) is 0 Å². The molecule has 44 heavy (non-hydrogen) atoms. The highest BCUT2D eigenvalue weighted by atomic mass is 35.5. The Morgan fingerprint density at radius 1 is 0.955 bits per heavy atom. The molecule has 0 radical (unpaired) electrons. The summed E-state index contributed by atoms with van der Waals surface area (Å²) in [6, 6.07) is 24.5. The van der Waals surface area contributed by atoms with Crippen LogP contribution in [0.2, 0.25) is 5.02 Å². The van der Waals surface area contributed by atoms with Gasteiger partial charge in [0.05, 0.1) is 24.2 Å². The minimum atomic E-state index is -0.621. The molecule has 0 aliphatic heterocycles. The molecule has 0 aliphatic carbocycles. The van der Waals surface area contributed by atoms with Crippen LogP contribution in [-0.4, -0.2) is 44.9 Å². The number of carbonyl (C=O) groups is 2. The lowest BCUT2D eigenvalue weighted by atomic mass is 9.99. The van der Waals surface area contributed by atoms with E-state index in [1.807, 2.05) is 100 Å². The van der Waals surface area contributed by atoms with Crippen LogP contribution in [0, 0.1) is 5.92 Å². The molecule has 0 fully saturated rings. The summed E-state index contributed by atoms with van der Waals surface area (Å²) in [5.41, 5.74) is 1.72. The van der Waals surface area contributed by atoms with Crippen molar-refractivity contribution < 1.29 is 14.3 Å². The minimum absolute atomic E-state index is 0.0546. The second-order valence-corrected chi connectivity index (χ2v) is 12.7. The molecule has 1 aromatic heterocycles. The van der Waals surface area contributed by atoms with Crippen LogP contribution in [0.3, 0.4) is 0 Å². The van der Waals surface area contributed by atoms with Crippen molar-refractivity contribution in [1.82, 2.24) is 20.0 Å². The molecule has 1 N–H and O–H groups in total. The van der Waals surface area contributed by atoms with Gasteiger partial charge < -0.3 is 15.0 Å². The van der Waals surface area contributed by atoms with Crippen molar-refractivity contribution in [2.75, 3.05) is 6.54 Å². The quantitative estimate of drug-likeness (QED) is 0.205. The zero-order valence-corrected chi connectivity index (χ0v) is 26.8. The largest absolute Gasteiger partial charge is 0.444 e. The third-order valence-corrected chi connectivity index (χ3v) is 7.41. The molecule has 0 saturated carbocycles. The average Bonchev–Trinajstić information content (AvgIpc) is 2.97. The van der Waals surface area contributed by atoms with Crippen LogP contribution in [0.1, 0.15) is 57.9 Å². The fourth-order valence-corrected chi connectivity index (χ4v) is 5.27. The maximum absolute atomic E-state index is 13.9. The molecule has 1 atom stereocenters. The van der Waals surface area contributed by atoms with Crippen LogP contribution < -0.4 is 10.9 Å². The van der Waals surface area contributed by atoms with E-state index in [-0.39, 0.29) is 36.5 Å². The van der Waals surface area contributed by atoms with E-state index in [0.29, 0.717) is 40.9 Å². The molecule has 0 spiro atoms. The molecule has 8 nitrogen and oxygen atoms in total. The normalized spacial score (nSPS) is 12.2. The first-order valence-corrected chi connectivity index (χ1v) is 15.3. The van der Waals surface area contributed by atoms with E-state index in [0.717, 1.165) is 11.1 Å². The van der Waals surface area contributed by atoms with Crippen molar-refractivity contribution in [2.24, 2.45) is 5.92 Å². The Morgan fingerprint density at radius 3 is 2.20 bits per heavy atom. The molecule has 9 heteroatoms. The summed E-state index contributed by atoms with van der Waals surface area (Å²) in [5.74, 6) is -0.349. The maximum Gasteiger partial charge on any atom is 0.407 e. The number of carbonyl (C=O) groups excluding carboxylic acids is 2. The van der Waals surface area contributed by atoms with Gasteiger partial charge in [-0.2, -0.15) is 5.10 Å². The molecule has 1 unspecified atom stereocenters. The topological polar surface area (TPSA) is 93.5 Å². The maximum atomic E-state index is 13.9. The molecule has 0 aliphatic rings. The standard InChI is InChI=1S/C35H41ClN4O4/c1-24(2)32(41)39(28(20-25-12-8-6-9-13-25)18-19-37-34(43)44-35(3,4)5)23-31-30-21-27(36)16-17-29(30)33(42)40(38-31)22-26-14-10-7-11-15-26/h6-17,21,24,28H,18-20,22-23H2,1-5H3,(H,37,43). The van der Waals surface area contributed by atoms with E-state index in [1.54, 1.807) is 18.2 Å². The number of ether oxygens (including phenoxy) is 1. The van der Waals surface area contributed by atoms with Gasteiger partial charge in [0.2, 0.25) is 5.91 Å². The molecule has 1 heterocycles. The minimum Gasteiger partial charge on any atom is -0.444 e. The SMILES string of the molecule is CC(C)C(=O)N(Cc1nn(Cc2ccccc2)c(=O)c2ccc(Cl)cc12)C(CCNC(=O)OC(C)(C)C)Cc1ccccc1. The van der Waals surface area contributed by atoms with E-state index in [2.05, 4.69) is 5.32 Å². The lowest BCUT2D eigenvalue weighted by Gasteiger charge is -2.34. The Bertz CT molecular complexity index is 1630. The first-order valence-electron chi connectivity index (χ1n) is 15.0. The van der Waals surface area contributed by atoms with Gasteiger partial charge in [-0.25, -0.2) is 9.48 Å². The summed E-state index contributed by atoms with van der Waals surface area (Å²) in [7, 11) is 0. The zero-order chi connectivity index (χ0) is 31.9. The third kappa shape index (κ3) is 8.92. The average molecular weight is 617 g/mol. The molecular weight excluding hydrogens is 576 g/mol. The first kappa shape index (κ1) is 32.7. The fourth-order valence-electron chi connectivity index (χ4n) is 5.10. The summed E-state index contributed by atoms with van der Waals surface area (Å²) in [6.45, 7) is 9.93. The number of benzene rings is 3. The summed E-state index contributed by atoms with van der Waals surface area (Å²) in [5, 5.41) is 9.24. The van der Waals surface area contributed by atoms with Gasteiger partial charge in [-0.05, 0) is 62.9 Å². The van der Waals surface area contributed by atoms with Crippen molar-refractivity contribution >= 4 is 34.4 Å². The molecule has 0 bridgehead atoms. The lowest BCUT2D eigenvalue weighted by molar-refractivity contribution is -0.137. The highest BCUT2D eigenvalue weighted by Crippen LogP contribution is 2.24. The lowest BCUT2D eigenvalue weighted by Crippen LogP contribution is -2.45. The van der Waals surface area contributed by atoms with Gasteiger partial charge in [0.15, 0.2) is 0 Å². The van der Waals surface area contributed by atoms with Gasteiger partial charge >= 0.3 is 6.09 Å². The molecule has 232 valence electrons. The fraction of sp³-hybridized carbons (Fsp3) is 0.371. The summed E-state index contributed by atoms with van der Waals surface area (Å²) >= 11 is 6.41. The van der Waals surface area contributed by atoms with E-state index in [9.17, 15) is 14.4 Å². The van der Waals surface area contributed by atoms with Gasteiger partial charge in [-0.1, -0.05) is 86.1 Å². The highest BCUT2D eigenvalue weighted by molar-refractivity contribution is 6.31. The monoisotopic (exact) mass is 616 g/mol. The van der Waals surface area contributed by atoms with Crippen molar-refractivity contribution in [2.45, 2.75) is 72.2 Å². The van der Waals surface area contributed by atoms with Gasteiger partial charge in [0, 0.05) is 28.9 Å². The van der Waals surface area contributed by atoms with Gasteiger partial charge in [0.1, 0.15) is 5.60 Å². The van der Waals surface area contributed by atoms with Crippen LogP contribution in [-0.2, 0) is 29.0 Å². The highest BCUT2D eigenvalue weighted by Gasteiger charge is 2.28.